The molecule has 0 N–H and O–H groups in total. The highest BCUT2D eigenvalue weighted by molar-refractivity contribution is 6.00. The fraction of sp³-hybridized carbons (Fsp3) is 0.480. The second kappa shape index (κ2) is 7.18. The zero-order valence-corrected chi connectivity index (χ0v) is 19.0. The van der Waals surface area contributed by atoms with E-state index in [0.717, 1.165) is 5.57 Å². The van der Waals surface area contributed by atoms with E-state index in [-0.39, 0.29) is 22.8 Å². The van der Waals surface area contributed by atoms with Crippen molar-refractivity contribution in [1.82, 2.24) is 0 Å². The lowest BCUT2D eigenvalue weighted by molar-refractivity contribution is -0.201. The van der Waals surface area contributed by atoms with E-state index >= 15 is 0 Å². The minimum absolute atomic E-state index is 0.0782. The molecular formula is C25H26O8. The van der Waals surface area contributed by atoms with Crippen LogP contribution in [0.25, 0.3) is 0 Å². The van der Waals surface area contributed by atoms with Crippen molar-refractivity contribution in [3.05, 3.63) is 60.0 Å². The number of rotatable bonds is 4. The molecule has 0 radical (unpaired) electrons. The number of hydrogen-bond donors (Lipinski definition) is 0. The Hall–Kier alpha value is -3.13. The molecule has 8 heteroatoms. The smallest absolute Gasteiger partial charge is 0.342 e. The molecule has 3 heterocycles. The third-order valence-corrected chi connectivity index (χ3v) is 7.78. The average Bonchev–Trinajstić information content (AvgIpc) is 3.50. The lowest BCUT2D eigenvalue weighted by atomic mass is 9.52. The zero-order chi connectivity index (χ0) is 23.6. The third-order valence-electron chi connectivity index (χ3n) is 7.78. The number of carbonyl (C=O) groups is 3. The summed E-state index contributed by atoms with van der Waals surface area (Å²) in [6, 6.07) is 2.99. The standard InChI is InChI=1S/C25H26O8/c1-14-9-18(26)20(32-22(28)16-6-8-30-13-16)24(4)19(31-21(27)15-5-7-29-12-15)10-17-11-25(14,24)33-23(17,2)3/h5-9,12-13,17,19-20H,10-11H2,1-4H3/t17-,19+,20+,24-,25+/m1/s1. The second-order valence-electron chi connectivity index (χ2n) is 9.89. The summed E-state index contributed by atoms with van der Waals surface area (Å²) in [7, 11) is 0. The number of hydrogen-bond acceptors (Lipinski definition) is 8. The van der Waals surface area contributed by atoms with Crippen LogP contribution in [0.1, 0.15) is 61.3 Å². The summed E-state index contributed by atoms with van der Waals surface area (Å²) in [6.45, 7) is 7.68. The molecule has 1 saturated carbocycles. The van der Waals surface area contributed by atoms with Gasteiger partial charge in [-0.2, -0.15) is 0 Å². The molecule has 2 aromatic heterocycles. The Labute approximate surface area is 190 Å². The van der Waals surface area contributed by atoms with Crippen LogP contribution >= 0.6 is 0 Å². The van der Waals surface area contributed by atoms with E-state index in [1.165, 1.54) is 43.3 Å². The molecule has 2 fully saturated rings. The van der Waals surface area contributed by atoms with Crippen LogP contribution < -0.4 is 0 Å². The van der Waals surface area contributed by atoms with Gasteiger partial charge in [0.05, 0.1) is 34.7 Å². The van der Waals surface area contributed by atoms with E-state index in [1.807, 2.05) is 27.7 Å². The van der Waals surface area contributed by atoms with E-state index in [1.54, 1.807) is 0 Å². The number of ether oxygens (including phenoxy) is 3. The van der Waals surface area contributed by atoms with Gasteiger partial charge in [-0.15, -0.1) is 0 Å². The minimum atomic E-state index is -1.21. The maximum absolute atomic E-state index is 13.3. The molecule has 174 valence electrons. The van der Waals surface area contributed by atoms with Crippen molar-refractivity contribution in [2.24, 2.45) is 11.3 Å². The topological polar surface area (TPSA) is 105 Å². The first-order valence-electron chi connectivity index (χ1n) is 11.0. The van der Waals surface area contributed by atoms with Crippen LogP contribution in [0.4, 0.5) is 0 Å². The predicted molar refractivity (Wildman–Crippen MR) is 113 cm³/mol. The number of carbonyl (C=O) groups excluding carboxylic acids is 3. The van der Waals surface area contributed by atoms with Gasteiger partial charge in [-0.05, 0) is 70.2 Å². The molecular weight excluding hydrogens is 428 g/mol. The normalized spacial score (nSPS) is 34.4. The van der Waals surface area contributed by atoms with Crippen LogP contribution in [0, 0.1) is 11.3 Å². The number of ketones is 1. The van der Waals surface area contributed by atoms with Gasteiger partial charge in [0.2, 0.25) is 0 Å². The van der Waals surface area contributed by atoms with Crippen LogP contribution in [0.2, 0.25) is 0 Å². The molecule has 1 spiro atoms. The van der Waals surface area contributed by atoms with Crippen molar-refractivity contribution in [2.45, 2.75) is 63.9 Å². The van der Waals surface area contributed by atoms with Gasteiger partial charge in [-0.25, -0.2) is 9.59 Å². The van der Waals surface area contributed by atoms with E-state index in [0.29, 0.717) is 12.8 Å². The van der Waals surface area contributed by atoms with Crippen LogP contribution in [0.15, 0.2) is 57.7 Å². The van der Waals surface area contributed by atoms with Crippen molar-refractivity contribution >= 4 is 17.7 Å². The summed E-state index contributed by atoms with van der Waals surface area (Å²) >= 11 is 0. The van der Waals surface area contributed by atoms with Crippen molar-refractivity contribution in [1.29, 1.82) is 0 Å². The molecule has 5 rings (SSSR count). The first kappa shape index (κ1) is 21.7. The van der Waals surface area contributed by atoms with Crippen molar-refractivity contribution in [3.63, 3.8) is 0 Å². The van der Waals surface area contributed by atoms with Crippen LogP contribution in [0.5, 0.6) is 0 Å². The van der Waals surface area contributed by atoms with Gasteiger partial charge in [0.25, 0.3) is 0 Å². The highest BCUT2D eigenvalue weighted by atomic mass is 16.6. The Morgan fingerprint density at radius 1 is 1.00 bits per heavy atom. The van der Waals surface area contributed by atoms with Gasteiger partial charge in [0, 0.05) is 0 Å². The Kier molecular flexibility index (Phi) is 4.72. The molecule has 3 aliphatic rings. The molecule has 8 nitrogen and oxygen atoms in total. The van der Waals surface area contributed by atoms with Crippen molar-refractivity contribution in [3.8, 4) is 0 Å². The summed E-state index contributed by atoms with van der Waals surface area (Å²) < 4.78 is 28.5. The molecule has 2 aliphatic carbocycles. The van der Waals surface area contributed by atoms with Gasteiger partial charge in [-0.3, -0.25) is 4.79 Å². The molecule has 1 saturated heterocycles. The zero-order valence-electron chi connectivity index (χ0n) is 19.0. The van der Waals surface area contributed by atoms with Crippen molar-refractivity contribution < 1.29 is 37.4 Å². The Morgan fingerprint density at radius 3 is 2.18 bits per heavy atom. The van der Waals surface area contributed by atoms with Gasteiger partial charge in [-0.1, -0.05) is 0 Å². The van der Waals surface area contributed by atoms with Crippen LogP contribution in [-0.2, 0) is 19.0 Å². The Morgan fingerprint density at radius 2 is 1.61 bits per heavy atom. The maximum atomic E-state index is 13.3. The summed E-state index contributed by atoms with van der Waals surface area (Å²) in [5.41, 5.74) is -1.40. The lowest BCUT2D eigenvalue weighted by Gasteiger charge is -2.56. The van der Waals surface area contributed by atoms with E-state index in [2.05, 4.69) is 0 Å². The monoisotopic (exact) mass is 454 g/mol. The fourth-order valence-electron chi connectivity index (χ4n) is 5.86. The summed E-state index contributed by atoms with van der Waals surface area (Å²) in [4.78, 5) is 39.0. The summed E-state index contributed by atoms with van der Waals surface area (Å²) in [5, 5.41) is 0. The number of furan rings is 2. The Bertz CT molecular complexity index is 1130. The predicted octanol–water partition coefficient (Wildman–Crippen LogP) is 4.12. The summed E-state index contributed by atoms with van der Waals surface area (Å²) in [6.07, 6.45) is 5.97. The fourth-order valence-corrected chi connectivity index (χ4v) is 5.86. The maximum Gasteiger partial charge on any atom is 0.342 e. The molecule has 0 amide bonds. The lowest BCUT2D eigenvalue weighted by Crippen LogP contribution is -2.67. The quantitative estimate of drug-likeness (QED) is 0.636. The van der Waals surface area contributed by atoms with Crippen molar-refractivity contribution in [2.75, 3.05) is 0 Å². The molecule has 33 heavy (non-hydrogen) atoms. The van der Waals surface area contributed by atoms with Gasteiger partial charge >= 0.3 is 11.9 Å². The average molecular weight is 454 g/mol. The first-order chi connectivity index (χ1) is 15.6. The second-order valence-corrected chi connectivity index (χ2v) is 9.89. The van der Waals surface area contributed by atoms with E-state index in [9.17, 15) is 14.4 Å². The van der Waals surface area contributed by atoms with Crippen LogP contribution in [-0.4, -0.2) is 41.1 Å². The minimum Gasteiger partial charge on any atom is -0.472 e. The number of esters is 2. The molecule has 5 atom stereocenters. The molecule has 2 bridgehead atoms. The van der Waals surface area contributed by atoms with Crippen LogP contribution in [0.3, 0.4) is 0 Å². The Balaban J connectivity index is 1.59. The van der Waals surface area contributed by atoms with E-state index < -0.39 is 40.8 Å². The highest BCUT2D eigenvalue weighted by Crippen LogP contribution is 2.65. The largest absolute Gasteiger partial charge is 0.472 e. The number of fused-ring (bicyclic) bond motifs is 1. The molecule has 1 aliphatic heterocycles. The first-order valence-corrected chi connectivity index (χ1v) is 11.0. The van der Waals surface area contributed by atoms with Gasteiger partial charge < -0.3 is 23.0 Å². The molecule has 2 aromatic rings. The molecule has 0 unspecified atom stereocenters. The third kappa shape index (κ3) is 3.04. The molecule has 0 aromatic carbocycles. The highest BCUT2D eigenvalue weighted by Gasteiger charge is 2.73. The SMILES string of the molecule is CC1=CC(=O)[C@H](OC(=O)c2ccoc2)[C@@]2(C)[C@@H](OC(=O)c3ccoc3)C[C@@H]3C[C@]12OC3(C)C. The summed E-state index contributed by atoms with van der Waals surface area (Å²) in [5.74, 6) is -1.54. The van der Waals surface area contributed by atoms with Gasteiger partial charge in [0.1, 0.15) is 24.2 Å². The van der Waals surface area contributed by atoms with Gasteiger partial charge in [0.15, 0.2) is 11.9 Å². The van der Waals surface area contributed by atoms with E-state index in [4.69, 9.17) is 23.0 Å².